The molecule has 184 valence electrons. The average Bonchev–Trinajstić information content (AvgIpc) is 2.81. The molecule has 0 spiro atoms. The van der Waals surface area contributed by atoms with Crippen molar-refractivity contribution in [3.8, 4) is 0 Å². The first-order valence-corrected chi connectivity index (χ1v) is 10.9. The topological polar surface area (TPSA) is 71.5 Å². The van der Waals surface area contributed by atoms with Crippen LogP contribution in [0.25, 0.3) is 0 Å². The normalized spacial score (nSPS) is 11.6. The number of carbonyl (C=O) groups is 2. The van der Waals surface area contributed by atoms with Crippen molar-refractivity contribution in [3.05, 3.63) is 89.6 Å². The summed E-state index contributed by atoms with van der Waals surface area (Å²) in [6.45, 7) is 5.49. The van der Waals surface area contributed by atoms with Gasteiger partial charge in [0.1, 0.15) is 11.4 Å². The van der Waals surface area contributed by atoms with Gasteiger partial charge in [0.15, 0.2) is 6.61 Å². The maximum atomic E-state index is 13.0. The molecular weight excluding hydrogens is 459 g/mol. The molecule has 0 aliphatic heterocycles. The smallest absolute Gasteiger partial charge is 0.416 e. The van der Waals surface area contributed by atoms with Crippen LogP contribution < -0.4 is 5.32 Å². The van der Waals surface area contributed by atoms with Gasteiger partial charge in [0, 0.05) is 24.0 Å². The summed E-state index contributed by atoms with van der Waals surface area (Å²) in [4.78, 5) is 31.4. The molecule has 0 saturated heterocycles. The number of amides is 1. The highest BCUT2D eigenvalue weighted by Gasteiger charge is 2.31. The van der Waals surface area contributed by atoms with Gasteiger partial charge in [0.25, 0.3) is 5.91 Å². The van der Waals surface area contributed by atoms with Gasteiger partial charge in [0.2, 0.25) is 0 Å². The van der Waals surface area contributed by atoms with Crippen molar-refractivity contribution >= 4 is 23.4 Å². The molecule has 0 unspecified atom stereocenters. The largest absolute Gasteiger partial charge is 0.452 e. The molecule has 1 aromatic heterocycles. The van der Waals surface area contributed by atoms with Gasteiger partial charge in [-0.05, 0) is 56.7 Å². The van der Waals surface area contributed by atoms with E-state index >= 15 is 0 Å². The zero-order chi connectivity index (χ0) is 25.6. The SMILES string of the molecule is CC(C)(C)N(Cc1ccccc1)C(=O)COC(=O)c1cccnc1Nc1cccc(C(F)(F)F)c1. The molecule has 0 radical (unpaired) electrons. The maximum absolute atomic E-state index is 13.0. The molecule has 6 nitrogen and oxygen atoms in total. The number of carbonyl (C=O) groups excluding carboxylic acids is 2. The van der Waals surface area contributed by atoms with Crippen LogP contribution in [0.2, 0.25) is 0 Å². The number of aromatic nitrogens is 1. The Morgan fingerprint density at radius 2 is 1.69 bits per heavy atom. The number of alkyl halides is 3. The quantitative estimate of drug-likeness (QED) is 0.427. The second-order valence-electron chi connectivity index (χ2n) is 8.82. The highest BCUT2D eigenvalue weighted by Crippen LogP contribution is 2.31. The number of hydrogen-bond donors (Lipinski definition) is 1. The van der Waals surface area contributed by atoms with Crippen LogP contribution >= 0.6 is 0 Å². The van der Waals surface area contributed by atoms with Crippen LogP contribution in [0.5, 0.6) is 0 Å². The van der Waals surface area contributed by atoms with E-state index in [9.17, 15) is 22.8 Å². The van der Waals surface area contributed by atoms with Gasteiger partial charge in [0.05, 0.1) is 5.56 Å². The summed E-state index contributed by atoms with van der Waals surface area (Å²) in [5.74, 6) is -1.19. The summed E-state index contributed by atoms with van der Waals surface area (Å²) < 4.78 is 44.3. The molecule has 1 N–H and O–H groups in total. The number of halogens is 3. The Balaban J connectivity index is 1.72. The fraction of sp³-hybridized carbons (Fsp3) is 0.269. The predicted molar refractivity (Wildman–Crippen MR) is 126 cm³/mol. The second kappa shape index (κ2) is 10.6. The van der Waals surface area contributed by atoms with Gasteiger partial charge < -0.3 is 15.0 Å². The van der Waals surface area contributed by atoms with Crippen molar-refractivity contribution in [2.45, 2.75) is 39.0 Å². The lowest BCUT2D eigenvalue weighted by Crippen LogP contribution is -2.46. The van der Waals surface area contributed by atoms with Crippen LogP contribution in [0.3, 0.4) is 0 Å². The Morgan fingerprint density at radius 3 is 2.34 bits per heavy atom. The monoisotopic (exact) mass is 485 g/mol. The molecule has 0 aliphatic rings. The Labute approximate surface area is 201 Å². The third-order valence-electron chi connectivity index (χ3n) is 5.10. The van der Waals surface area contributed by atoms with Crippen LogP contribution in [0.4, 0.5) is 24.7 Å². The molecule has 0 bridgehead atoms. The molecular formula is C26H26F3N3O3. The molecule has 1 amide bonds. The number of nitrogens with zero attached hydrogens (tertiary/aromatic N) is 2. The van der Waals surface area contributed by atoms with Crippen molar-refractivity contribution < 1.29 is 27.5 Å². The molecule has 0 aliphatic carbocycles. The third-order valence-corrected chi connectivity index (χ3v) is 5.10. The van der Waals surface area contributed by atoms with Crippen molar-refractivity contribution in [1.82, 2.24) is 9.88 Å². The van der Waals surface area contributed by atoms with Gasteiger partial charge >= 0.3 is 12.1 Å². The van der Waals surface area contributed by atoms with Crippen molar-refractivity contribution in [1.29, 1.82) is 0 Å². The first-order valence-electron chi connectivity index (χ1n) is 10.9. The van der Waals surface area contributed by atoms with Gasteiger partial charge in [-0.25, -0.2) is 9.78 Å². The lowest BCUT2D eigenvalue weighted by atomic mass is 10.0. The Kier molecular flexibility index (Phi) is 7.78. The highest BCUT2D eigenvalue weighted by atomic mass is 19.4. The number of esters is 1. The molecule has 2 aromatic carbocycles. The van der Waals surface area contributed by atoms with E-state index in [0.717, 1.165) is 17.7 Å². The van der Waals surface area contributed by atoms with Crippen LogP contribution in [-0.4, -0.2) is 33.9 Å². The van der Waals surface area contributed by atoms with Crippen LogP contribution in [-0.2, 0) is 22.3 Å². The van der Waals surface area contributed by atoms with Crippen LogP contribution in [0.1, 0.15) is 42.3 Å². The van der Waals surface area contributed by atoms with E-state index in [1.807, 2.05) is 51.1 Å². The van der Waals surface area contributed by atoms with Crippen molar-refractivity contribution in [2.75, 3.05) is 11.9 Å². The second-order valence-corrected chi connectivity index (χ2v) is 8.82. The molecule has 9 heteroatoms. The van der Waals surface area contributed by atoms with Gasteiger partial charge in [-0.1, -0.05) is 36.4 Å². The minimum absolute atomic E-state index is 0.0110. The molecule has 35 heavy (non-hydrogen) atoms. The minimum atomic E-state index is -4.51. The van der Waals surface area contributed by atoms with Crippen LogP contribution in [0.15, 0.2) is 72.9 Å². The lowest BCUT2D eigenvalue weighted by molar-refractivity contribution is -0.140. The first kappa shape index (κ1) is 25.7. The summed E-state index contributed by atoms with van der Waals surface area (Å²) in [5, 5.41) is 2.73. The Morgan fingerprint density at radius 1 is 0.971 bits per heavy atom. The van der Waals surface area contributed by atoms with E-state index < -0.39 is 29.9 Å². The fourth-order valence-electron chi connectivity index (χ4n) is 3.33. The Bertz CT molecular complexity index is 1180. The molecule has 0 saturated carbocycles. The molecule has 3 aromatic rings. The van der Waals surface area contributed by atoms with Crippen LogP contribution in [0, 0.1) is 0 Å². The standard InChI is InChI=1S/C26H26F3N3O3/c1-25(2,3)32(16-18-9-5-4-6-10-18)22(33)17-35-24(34)21-13-8-14-30-23(21)31-20-12-7-11-19(15-20)26(27,28)29/h4-15H,16-17H2,1-3H3,(H,30,31). The molecule has 3 rings (SSSR count). The summed E-state index contributed by atoms with van der Waals surface area (Å²) in [6.07, 6.45) is -3.12. The van der Waals surface area contributed by atoms with Crippen molar-refractivity contribution in [3.63, 3.8) is 0 Å². The Hall–Kier alpha value is -3.88. The molecule has 0 fully saturated rings. The molecule has 1 heterocycles. The highest BCUT2D eigenvalue weighted by molar-refractivity contribution is 5.96. The van der Waals surface area contributed by atoms with Gasteiger partial charge in [-0.2, -0.15) is 13.2 Å². The average molecular weight is 486 g/mol. The lowest BCUT2D eigenvalue weighted by Gasteiger charge is -2.35. The summed E-state index contributed by atoms with van der Waals surface area (Å²) >= 11 is 0. The number of pyridine rings is 1. The first-order chi connectivity index (χ1) is 16.4. The predicted octanol–water partition coefficient (Wildman–Crippen LogP) is 5.83. The number of anilines is 2. The number of nitrogens with one attached hydrogen (secondary N) is 1. The van der Waals surface area contributed by atoms with Gasteiger partial charge in [-0.3, -0.25) is 4.79 Å². The maximum Gasteiger partial charge on any atom is 0.416 e. The zero-order valence-corrected chi connectivity index (χ0v) is 19.6. The third kappa shape index (κ3) is 7.05. The number of benzene rings is 2. The number of ether oxygens (including phenoxy) is 1. The summed E-state index contributed by atoms with van der Waals surface area (Å²) in [5.41, 5.74) is -0.339. The molecule has 0 atom stereocenters. The van der Waals surface area contributed by atoms with Gasteiger partial charge in [-0.15, -0.1) is 0 Å². The summed E-state index contributed by atoms with van der Waals surface area (Å²) in [7, 11) is 0. The minimum Gasteiger partial charge on any atom is -0.452 e. The van der Waals surface area contributed by atoms with Crippen molar-refractivity contribution in [2.24, 2.45) is 0 Å². The number of rotatable bonds is 7. The zero-order valence-electron chi connectivity index (χ0n) is 19.6. The number of hydrogen-bond acceptors (Lipinski definition) is 5. The summed E-state index contributed by atoms with van der Waals surface area (Å²) in [6, 6.07) is 16.9. The van der Waals surface area contributed by atoms with E-state index in [-0.39, 0.29) is 23.0 Å². The fourth-order valence-corrected chi connectivity index (χ4v) is 3.33. The van der Waals surface area contributed by atoms with E-state index in [1.165, 1.54) is 30.5 Å². The van der Waals surface area contributed by atoms with E-state index in [4.69, 9.17) is 4.74 Å². The van der Waals surface area contributed by atoms with E-state index in [0.29, 0.717) is 6.54 Å². The van der Waals surface area contributed by atoms with E-state index in [1.54, 1.807) is 4.90 Å². The van der Waals surface area contributed by atoms with E-state index in [2.05, 4.69) is 10.3 Å².